The van der Waals surface area contributed by atoms with Crippen LogP contribution >= 0.6 is 0 Å². The van der Waals surface area contributed by atoms with Crippen LogP contribution in [0.2, 0.25) is 0 Å². The molecular weight excluding hydrogens is 338 g/mol. The summed E-state index contributed by atoms with van der Waals surface area (Å²) in [7, 11) is 0. The van der Waals surface area contributed by atoms with Crippen molar-refractivity contribution in [3.05, 3.63) is 11.7 Å². The molecule has 0 spiro atoms. The third-order valence-electron chi connectivity index (χ3n) is 8.11. The monoisotopic (exact) mass is 370 g/mol. The molecule has 3 saturated carbocycles. The topological polar surface area (TPSA) is 46.5 Å². The molecule has 3 aliphatic rings. The summed E-state index contributed by atoms with van der Waals surface area (Å²) < 4.78 is 32.1. The second-order valence-corrected chi connectivity index (χ2v) is 9.25. The van der Waals surface area contributed by atoms with Crippen molar-refractivity contribution in [1.82, 2.24) is 0 Å². The Bertz CT molecular complexity index is 586. The maximum atomic E-state index is 13.4. The number of allylic oxidation sites excluding steroid dienone is 1. The second kappa shape index (κ2) is 7.21. The van der Waals surface area contributed by atoms with E-state index in [1.807, 2.05) is 6.92 Å². The predicted molar refractivity (Wildman–Crippen MR) is 95.5 cm³/mol. The van der Waals surface area contributed by atoms with E-state index in [0.29, 0.717) is 30.3 Å². The summed E-state index contributed by atoms with van der Waals surface area (Å²) >= 11 is 0. The van der Waals surface area contributed by atoms with Gasteiger partial charge in [-0.05, 0) is 80.0 Å². The third-order valence-corrected chi connectivity index (χ3v) is 8.11. The minimum Gasteiger partial charge on any atom is -0.463 e. The molecule has 0 radical (unpaired) electrons. The van der Waals surface area contributed by atoms with Gasteiger partial charge in [0.2, 0.25) is 0 Å². The first-order valence-electron chi connectivity index (χ1n) is 10.0. The van der Waals surface area contributed by atoms with E-state index in [4.69, 9.17) is 4.74 Å². The van der Waals surface area contributed by atoms with Crippen LogP contribution in [0.25, 0.3) is 0 Å². The Hall–Kier alpha value is -0.970. The Balaban J connectivity index is 1.74. The predicted octanol–water partition coefficient (Wildman–Crippen LogP) is 5.08. The van der Waals surface area contributed by atoms with Gasteiger partial charge in [0.05, 0.1) is 0 Å². The number of carbonyl (C=O) groups excluding carboxylic acids is 1. The van der Waals surface area contributed by atoms with Crippen molar-refractivity contribution in [2.24, 2.45) is 28.6 Å². The van der Waals surface area contributed by atoms with Gasteiger partial charge in [0, 0.05) is 19.1 Å². The van der Waals surface area contributed by atoms with Crippen molar-refractivity contribution < 1.29 is 23.4 Å². The normalized spacial score (nSPS) is 43.1. The molecule has 0 aromatic heterocycles. The van der Waals surface area contributed by atoms with Gasteiger partial charge >= 0.3 is 5.97 Å². The van der Waals surface area contributed by atoms with Gasteiger partial charge in [0.1, 0.15) is 6.10 Å². The zero-order valence-electron chi connectivity index (χ0n) is 16.2. The summed E-state index contributed by atoms with van der Waals surface area (Å²) in [5, 5.41) is 10.0. The van der Waals surface area contributed by atoms with Crippen molar-refractivity contribution in [3.63, 3.8) is 0 Å². The van der Waals surface area contributed by atoms with Crippen LogP contribution in [0.15, 0.2) is 11.7 Å². The maximum absolute atomic E-state index is 13.4. The fourth-order valence-corrected chi connectivity index (χ4v) is 6.29. The van der Waals surface area contributed by atoms with Gasteiger partial charge in [-0.15, -0.1) is 0 Å². The van der Waals surface area contributed by atoms with Gasteiger partial charge in [0.25, 0.3) is 6.08 Å². The zero-order chi connectivity index (χ0) is 19.1. The van der Waals surface area contributed by atoms with Gasteiger partial charge < -0.3 is 9.84 Å². The van der Waals surface area contributed by atoms with Crippen molar-refractivity contribution in [2.45, 2.75) is 78.2 Å². The van der Waals surface area contributed by atoms with Crippen LogP contribution in [-0.4, -0.2) is 23.8 Å². The number of hydrogen-bond acceptors (Lipinski definition) is 3. The van der Waals surface area contributed by atoms with Gasteiger partial charge in [0.15, 0.2) is 0 Å². The highest BCUT2D eigenvalue weighted by atomic mass is 19.3. The van der Waals surface area contributed by atoms with Crippen molar-refractivity contribution in [1.29, 1.82) is 0 Å². The largest absolute Gasteiger partial charge is 0.463 e. The highest BCUT2D eigenvalue weighted by Crippen LogP contribution is 2.62. The van der Waals surface area contributed by atoms with Crippen molar-refractivity contribution in [3.8, 4) is 0 Å². The van der Waals surface area contributed by atoms with Crippen LogP contribution in [0.5, 0.6) is 0 Å². The van der Waals surface area contributed by atoms with E-state index in [-0.39, 0.29) is 35.4 Å². The molecule has 5 heteroatoms. The molecule has 0 saturated heterocycles. The lowest BCUT2D eigenvalue weighted by Gasteiger charge is -2.53. The second-order valence-electron chi connectivity index (χ2n) is 9.25. The molecule has 3 fully saturated rings. The molecule has 0 aliphatic heterocycles. The van der Waals surface area contributed by atoms with Crippen LogP contribution in [0.3, 0.4) is 0 Å². The van der Waals surface area contributed by atoms with E-state index in [1.165, 1.54) is 6.92 Å². The highest BCUT2D eigenvalue weighted by molar-refractivity contribution is 5.66. The molecule has 2 unspecified atom stereocenters. The maximum Gasteiger partial charge on any atom is 0.302 e. The Kier molecular flexibility index (Phi) is 5.49. The number of rotatable bonds is 3. The molecule has 0 bridgehead atoms. The molecule has 0 heterocycles. The van der Waals surface area contributed by atoms with Crippen LogP contribution in [0.1, 0.15) is 72.1 Å². The zero-order valence-corrected chi connectivity index (χ0v) is 16.2. The Morgan fingerprint density at radius 2 is 1.88 bits per heavy atom. The van der Waals surface area contributed by atoms with Gasteiger partial charge in [-0.3, -0.25) is 4.79 Å². The molecule has 26 heavy (non-hydrogen) atoms. The number of aliphatic hydroxyl groups excluding tert-OH is 1. The standard InChI is InChI=1S/C21H32F2O3/c1-13(25)26-17-7-9-20(2,16(11-17)12-24)15-6-8-21(3)14(10-15)4-5-18(21)19(22)23/h14-17,24H,4-12H2,1-3H3/t14?,15?,16-,17+,20-,21+/m1/s1. The molecule has 3 aliphatic carbocycles. The summed E-state index contributed by atoms with van der Waals surface area (Å²) in [5.74, 6) is 0.602. The fraction of sp³-hybridized carbons (Fsp3) is 0.857. The Morgan fingerprint density at radius 1 is 1.15 bits per heavy atom. The van der Waals surface area contributed by atoms with Crippen LogP contribution in [0, 0.1) is 28.6 Å². The number of aliphatic hydroxyl groups is 1. The fourth-order valence-electron chi connectivity index (χ4n) is 6.29. The van der Waals surface area contributed by atoms with Crippen molar-refractivity contribution >= 4 is 5.97 Å². The van der Waals surface area contributed by atoms with Gasteiger partial charge in [-0.1, -0.05) is 13.8 Å². The molecule has 6 atom stereocenters. The van der Waals surface area contributed by atoms with E-state index >= 15 is 0 Å². The first-order chi connectivity index (χ1) is 12.2. The molecule has 3 rings (SSSR count). The lowest BCUT2D eigenvalue weighted by molar-refractivity contribution is -0.153. The highest BCUT2D eigenvalue weighted by Gasteiger charge is 2.53. The summed E-state index contributed by atoms with van der Waals surface area (Å²) in [6.45, 7) is 5.81. The van der Waals surface area contributed by atoms with Gasteiger partial charge in [-0.2, -0.15) is 8.78 Å². The Labute approximate surface area is 155 Å². The quantitative estimate of drug-likeness (QED) is 0.705. The van der Waals surface area contributed by atoms with Gasteiger partial charge in [-0.25, -0.2) is 0 Å². The number of esters is 1. The number of hydrogen-bond donors (Lipinski definition) is 1. The molecule has 0 aromatic carbocycles. The van der Waals surface area contributed by atoms with Crippen LogP contribution in [-0.2, 0) is 9.53 Å². The summed E-state index contributed by atoms with van der Waals surface area (Å²) in [6, 6.07) is 0. The number of carbonyl (C=O) groups is 1. The van der Waals surface area contributed by atoms with E-state index in [0.717, 1.165) is 38.5 Å². The molecule has 0 amide bonds. The SMILES string of the molecule is CC(=O)O[C@H]1CC[C@](C)(C2CC[C@]3(C)C(=C(F)F)CCC3C2)[C@@H](CO)C1. The molecule has 3 nitrogen and oxygen atoms in total. The lowest BCUT2D eigenvalue weighted by atomic mass is 9.53. The van der Waals surface area contributed by atoms with Crippen LogP contribution < -0.4 is 0 Å². The third kappa shape index (κ3) is 3.32. The van der Waals surface area contributed by atoms with E-state index < -0.39 is 6.08 Å². The average Bonchev–Trinajstić information content (AvgIpc) is 2.92. The van der Waals surface area contributed by atoms with Crippen LogP contribution in [0.4, 0.5) is 8.78 Å². The molecule has 0 aromatic rings. The minimum atomic E-state index is -1.46. The molecular formula is C21H32F2O3. The number of fused-ring (bicyclic) bond motifs is 1. The summed E-state index contributed by atoms with van der Waals surface area (Å²) in [6.07, 6.45) is 5.00. The van der Waals surface area contributed by atoms with Crippen molar-refractivity contribution in [2.75, 3.05) is 6.61 Å². The first-order valence-corrected chi connectivity index (χ1v) is 10.0. The smallest absolute Gasteiger partial charge is 0.302 e. The average molecular weight is 370 g/mol. The van der Waals surface area contributed by atoms with E-state index in [2.05, 4.69) is 6.92 Å². The Morgan fingerprint density at radius 3 is 2.50 bits per heavy atom. The van der Waals surface area contributed by atoms with E-state index in [1.54, 1.807) is 0 Å². The summed E-state index contributed by atoms with van der Waals surface area (Å²) in [5.41, 5.74) is 0.0476. The molecule has 1 N–H and O–H groups in total. The summed E-state index contributed by atoms with van der Waals surface area (Å²) in [4.78, 5) is 11.3. The first kappa shape index (κ1) is 19.8. The molecule has 148 valence electrons. The lowest BCUT2D eigenvalue weighted by Crippen LogP contribution is -2.47. The number of ether oxygens (including phenoxy) is 1. The van der Waals surface area contributed by atoms with E-state index in [9.17, 15) is 18.7 Å². The number of halogens is 2. The minimum absolute atomic E-state index is 0.00649.